The van der Waals surface area contributed by atoms with Gasteiger partial charge in [0.25, 0.3) is 0 Å². The highest BCUT2D eigenvalue weighted by Crippen LogP contribution is 2.05. The molecule has 0 saturated carbocycles. The lowest BCUT2D eigenvalue weighted by Crippen LogP contribution is -2.32. The maximum absolute atomic E-state index is 11.5. The molecule has 18 heavy (non-hydrogen) atoms. The normalized spacial score (nSPS) is 12.2. The van der Waals surface area contributed by atoms with E-state index in [-0.39, 0.29) is 11.9 Å². The van der Waals surface area contributed by atoms with E-state index in [1.54, 1.807) is 0 Å². The third kappa shape index (κ3) is 5.13. The molecular formula is C11H21N5O2. The molecule has 1 rings (SSSR count). The highest BCUT2D eigenvalue weighted by molar-refractivity contribution is 5.76. The summed E-state index contributed by atoms with van der Waals surface area (Å²) in [5.74, 6) is 0.516. The number of carbonyl (C=O) groups is 1. The number of anilines is 1. The molecule has 1 aromatic rings. The number of hydrogen-bond donors (Lipinski definition) is 3. The minimum atomic E-state index is 0.0125. The monoisotopic (exact) mass is 255 g/mol. The van der Waals surface area contributed by atoms with Crippen molar-refractivity contribution in [2.24, 2.45) is 5.73 Å². The van der Waals surface area contributed by atoms with E-state index in [0.29, 0.717) is 37.8 Å². The molecule has 4 N–H and O–H groups in total. The average molecular weight is 255 g/mol. The fraction of sp³-hybridized carbons (Fsp3) is 0.727. The number of hydrogen-bond acceptors (Lipinski definition) is 6. The fourth-order valence-corrected chi connectivity index (χ4v) is 1.28. The van der Waals surface area contributed by atoms with Gasteiger partial charge < -0.3 is 20.8 Å². The van der Waals surface area contributed by atoms with Crippen molar-refractivity contribution in [1.82, 2.24) is 15.5 Å². The summed E-state index contributed by atoms with van der Waals surface area (Å²) in [5, 5.41) is 13.4. The summed E-state index contributed by atoms with van der Waals surface area (Å²) in [7, 11) is 0. The Hall–Kier alpha value is -1.63. The Morgan fingerprint density at radius 3 is 2.94 bits per heavy atom. The van der Waals surface area contributed by atoms with Crippen LogP contribution in [0.5, 0.6) is 0 Å². The van der Waals surface area contributed by atoms with Crippen molar-refractivity contribution >= 4 is 11.9 Å². The van der Waals surface area contributed by atoms with Crippen molar-refractivity contribution in [2.75, 3.05) is 18.4 Å². The predicted octanol–water partition coefficient (Wildman–Crippen LogP) is 0.288. The molecule has 7 nitrogen and oxygen atoms in total. The van der Waals surface area contributed by atoms with E-state index in [0.717, 1.165) is 6.42 Å². The lowest BCUT2D eigenvalue weighted by Gasteiger charge is -2.10. The van der Waals surface area contributed by atoms with E-state index in [9.17, 15) is 4.79 Å². The Morgan fingerprint density at radius 1 is 1.50 bits per heavy atom. The SMILES string of the molecule is CCC(C)NC(=O)CCNc1nnc(CCN)o1. The molecule has 1 amide bonds. The zero-order valence-electron chi connectivity index (χ0n) is 10.9. The molecule has 1 atom stereocenters. The smallest absolute Gasteiger partial charge is 0.315 e. The number of carbonyl (C=O) groups excluding carboxylic acids is 1. The predicted molar refractivity (Wildman–Crippen MR) is 68.1 cm³/mol. The van der Waals surface area contributed by atoms with Gasteiger partial charge in [-0.3, -0.25) is 4.79 Å². The second kappa shape index (κ2) is 7.65. The first-order valence-corrected chi connectivity index (χ1v) is 6.21. The topological polar surface area (TPSA) is 106 Å². The summed E-state index contributed by atoms with van der Waals surface area (Å²) in [6.07, 6.45) is 1.85. The van der Waals surface area contributed by atoms with Crippen LogP contribution < -0.4 is 16.4 Å². The Balaban J connectivity index is 2.22. The molecule has 1 heterocycles. The summed E-state index contributed by atoms with van der Waals surface area (Å²) in [6, 6.07) is 0.534. The van der Waals surface area contributed by atoms with Crippen molar-refractivity contribution in [3.8, 4) is 0 Å². The zero-order chi connectivity index (χ0) is 13.4. The summed E-state index contributed by atoms with van der Waals surface area (Å²) in [4.78, 5) is 11.5. The number of nitrogens with one attached hydrogen (secondary N) is 2. The van der Waals surface area contributed by atoms with Crippen LogP contribution in [-0.2, 0) is 11.2 Å². The Labute approximate surface area is 107 Å². The van der Waals surface area contributed by atoms with Gasteiger partial charge >= 0.3 is 6.01 Å². The first-order valence-electron chi connectivity index (χ1n) is 6.21. The minimum Gasteiger partial charge on any atom is -0.408 e. The Bertz CT molecular complexity index is 366. The van der Waals surface area contributed by atoms with E-state index in [1.807, 2.05) is 13.8 Å². The lowest BCUT2D eigenvalue weighted by atomic mass is 10.2. The molecule has 0 radical (unpaired) electrons. The van der Waals surface area contributed by atoms with Gasteiger partial charge in [-0.15, -0.1) is 5.10 Å². The largest absolute Gasteiger partial charge is 0.408 e. The molecule has 0 saturated heterocycles. The van der Waals surface area contributed by atoms with Gasteiger partial charge in [0.15, 0.2) is 0 Å². The Kier molecular flexibility index (Phi) is 6.13. The van der Waals surface area contributed by atoms with Crippen LogP contribution in [-0.4, -0.2) is 35.2 Å². The van der Waals surface area contributed by atoms with Crippen LogP contribution in [0.25, 0.3) is 0 Å². The third-order valence-electron chi connectivity index (χ3n) is 2.47. The molecule has 0 fully saturated rings. The van der Waals surface area contributed by atoms with Crippen LogP contribution in [0.4, 0.5) is 6.01 Å². The van der Waals surface area contributed by atoms with Crippen molar-refractivity contribution in [3.05, 3.63) is 5.89 Å². The second-order valence-corrected chi connectivity index (χ2v) is 4.09. The number of nitrogens with zero attached hydrogens (tertiary/aromatic N) is 2. The number of nitrogens with two attached hydrogens (primary N) is 1. The van der Waals surface area contributed by atoms with Gasteiger partial charge in [0.1, 0.15) is 0 Å². The average Bonchev–Trinajstić information content (AvgIpc) is 2.77. The standard InChI is InChI=1S/C11H21N5O2/c1-3-8(2)14-9(17)5-7-13-11-16-15-10(18-11)4-6-12/h8H,3-7,12H2,1-2H3,(H,13,16)(H,14,17). The van der Waals surface area contributed by atoms with E-state index < -0.39 is 0 Å². The Morgan fingerprint density at radius 2 is 2.28 bits per heavy atom. The number of amides is 1. The van der Waals surface area contributed by atoms with E-state index >= 15 is 0 Å². The fourth-order valence-electron chi connectivity index (χ4n) is 1.28. The molecular weight excluding hydrogens is 234 g/mol. The van der Waals surface area contributed by atoms with Gasteiger partial charge in [-0.05, 0) is 13.3 Å². The van der Waals surface area contributed by atoms with Gasteiger partial charge in [-0.2, -0.15) is 0 Å². The summed E-state index contributed by atoms with van der Waals surface area (Å²) < 4.78 is 5.26. The van der Waals surface area contributed by atoms with Crippen molar-refractivity contribution < 1.29 is 9.21 Å². The molecule has 0 aliphatic carbocycles. The van der Waals surface area contributed by atoms with E-state index in [4.69, 9.17) is 10.2 Å². The highest BCUT2D eigenvalue weighted by atomic mass is 16.4. The first kappa shape index (κ1) is 14.4. The summed E-state index contributed by atoms with van der Waals surface area (Å²) in [5.41, 5.74) is 5.37. The van der Waals surface area contributed by atoms with Crippen molar-refractivity contribution in [1.29, 1.82) is 0 Å². The zero-order valence-corrected chi connectivity index (χ0v) is 10.9. The van der Waals surface area contributed by atoms with Crippen molar-refractivity contribution in [3.63, 3.8) is 0 Å². The van der Waals surface area contributed by atoms with Crippen LogP contribution in [0, 0.1) is 0 Å². The van der Waals surface area contributed by atoms with E-state index in [2.05, 4.69) is 20.8 Å². The minimum absolute atomic E-state index is 0.0125. The molecule has 7 heteroatoms. The van der Waals surface area contributed by atoms with Gasteiger partial charge in [0, 0.05) is 32.0 Å². The molecule has 1 aromatic heterocycles. The number of aromatic nitrogens is 2. The maximum atomic E-state index is 11.5. The van der Waals surface area contributed by atoms with Crippen LogP contribution in [0.15, 0.2) is 4.42 Å². The summed E-state index contributed by atoms with van der Waals surface area (Å²) >= 11 is 0. The van der Waals surface area contributed by atoms with Crippen LogP contribution in [0.3, 0.4) is 0 Å². The molecule has 0 bridgehead atoms. The van der Waals surface area contributed by atoms with Gasteiger partial charge in [-0.25, -0.2) is 0 Å². The van der Waals surface area contributed by atoms with Gasteiger partial charge in [-0.1, -0.05) is 12.0 Å². The van der Waals surface area contributed by atoms with Gasteiger partial charge in [0.2, 0.25) is 11.8 Å². The van der Waals surface area contributed by atoms with Gasteiger partial charge in [0.05, 0.1) is 0 Å². The molecule has 0 aromatic carbocycles. The molecule has 0 spiro atoms. The molecule has 102 valence electrons. The van der Waals surface area contributed by atoms with Crippen LogP contribution >= 0.6 is 0 Å². The molecule has 0 aliphatic rings. The lowest BCUT2D eigenvalue weighted by molar-refractivity contribution is -0.121. The summed E-state index contributed by atoms with van der Waals surface area (Å²) in [6.45, 7) is 4.94. The van der Waals surface area contributed by atoms with Crippen molar-refractivity contribution in [2.45, 2.75) is 39.2 Å². The molecule has 1 unspecified atom stereocenters. The van der Waals surface area contributed by atoms with E-state index in [1.165, 1.54) is 0 Å². The second-order valence-electron chi connectivity index (χ2n) is 4.09. The quantitative estimate of drug-likeness (QED) is 0.616. The number of rotatable bonds is 8. The van der Waals surface area contributed by atoms with Crippen LogP contribution in [0.2, 0.25) is 0 Å². The first-order chi connectivity index (χ1) is 8.65. The maximum Gasteiger partial charge on any atom is 0.315 e. The third-order valence-corrected chi connectivity index (χ3v) is 2.47. The molecule has 0 aliphatic heterocycles. The highest BCUT2D eigenvalue weighted by Gasteiger charge is 2.07. The van der Waals surface area contributed by atoms with Crippen LogP contribution in [0.1, 0.15) is 32.6 Å².